The zero-order chi connectivity index (χ0) is 14.7. The Kier molecular flexibility index (Phi) is 4.60. The number of aromatic nitrogens is 1. The smallest absolute Gasteiger partial charge is 0.357 e. The summed E-state index contributed by atoms with van der Waals surface area (Å²) in [5.41, 5.74) is 1.26. The minimum atomic E-state index is -0.370. The van der Waals surface area contributed by atoms with Gasteiger partial charge in [-0.05, 0) is 32.4 Å². The molecule has 0 atom stereocenters. The fourth-order valence-electron chi connectivity index (χ4n) is 2.47. The first-order valence-electron chi connectivity index (χ1n) is 7.08. The summed E-state index contributed by atoms with van der Waals surface area (Å²) in [5, 5.41) is 0. The lowest BCUT2D eigenvalue weighted by molar-refractivity contribution is 0.0593. The molecule has 2 rings (SSSR count). The number of pyridine rings is 1. The van der Waals surface area contributed by atoms with Gasteiger partial charge in [0.25, 0.3) is 0 Å². The Bertz CT molecular complexity index is 480. The van der Waals surface area contributed by atoms with Gasteiger partial charge in [-0.25, -0.2) is 9.78 Å². The number of esters is 1. The van der Waals surface area contributed by atoms with Gasteiger partial charge < -0.3 is 9.64 Å². The molecule has 0 bridgehead atoms. The maximum atomic E-state index is 11.7. The van der Waals surface area contributed by atoms with Crippen LogP contribution in [0.5, 0.6) is 0 Å². The van der Waals surface area contributed by atoms with Crippen LogP contribution in [0.3, 0.4) is 0 Å². The fraction of sp³-hybridized carbons (Fsp3) is 0.600. The Morgan fingerprint density at radius 1 is 1.25 bits per heavy atom. The maximum absolute atomic E-state index is 11.7. The maximum Gasteiger partial charge on any atom is 0.357 e. The van der Waals surface area contributed by atoms with E-state index >= 15 is 0 Å². The minimum Gasteiger partial charge on any atom is -0.464 e. The lowest BCUT2D eigenvalue weighted by Gasteiger charge is -2.37. The molecule has 2 heterocycles. The molecule has 0 radical (unpaired) electrons. The number of nitrogens with zero attached hydrogens (tertiary/aromatic N) is 3. The van der Waals surface area contributed by atoms with Crippen molar-refractivity contribution in [1.29, 1.82) is 0 Å². The normalized spacial score (nSPS) is 16.6. The molecule has 1 aromatic rings. The zero-order valence-corrected chi connectivity index (χ0v) is 12.7. The highest BCUT2D eigenvalue weighted by Crippen LogP contribution is 2.18. The summed E-state index contributed by atoms with van der Waals surface area (Å²) in [6.45, 7) is 10.2. The van der Waals surface area contributed by atoms with E-state index in [1.165, 1.54) is 7.11 Å². The molecule has 1 aromatic heterocycles. The Balaban J connectivity index is 2.12. The molecular weight excluding hydrogens is 254 g/mol. The number of carbonyl (C=O) groups excluding carboxylic acids is 1. The van der Waals surface area contributed by atoms with Crippen LogP contribution >= 0.6 is 0 Å². The van der Waals surface area contributed by atoms with Crippen LogP contribution in [0.4, 0.5) is 5.82 Å². The van der Waals surface area contributed by atoms with Crippen LogP contribution in [0.25, 0.3) is 0 Å². The highest BCUT2D eigenvalue weighted by molar-refractivity contribution is 5.89. The van der Waals surface area contributed by atoms with E-state index in [9.17, 15) is 4.79 Å². The lowest BCUT2D eigenvalue weighted by Crippen LogP contribution is -2.49. The Morgan fingerprint density at radius 2 is 1.90 bits per heavy atom. The Hall–Kier alpha value is -1.62. The van der Waals surface area contributed by atoms with Crippen molar-refractivity contribution in [2.45, 2.75) is 26.8 Å². The van der Waals surface area contributed by atoms with E-state index in [0.29, 0.717) is 11.7 Å². The molecule has 1 saturated heterocycles. The van der Waals surface area contributed by atoms with Crippen LogP contribution in [-0.4, -0.2) is 55.2 Å². The molecule has 0 amide bonds. The summed E-state index contributed by atoms with van der Waals surface area (Å²) in [4.78, 5) is 20.8. The van der Waals surface area contributed by atoms with Crippen molar-refractivity contribution in [2.75, 3.05) is 38.2 Å². The van der Waals surface area contributed by atoms with Crippen molar-refractivity contribution >= 4 is 11.8 Å². The molecule has 20 heavy (non-hydrogen) atoms. The number of ether oxygens (including phenoxy) is 1. The van der Waals surface area contributed by atoms with Crippen molar-refractivity contribution in [3.8, 4) is 0 Å². The fourth-order valence-corrected chi connectivity index (χ4v) is 2.47. The molecular formula is C15H23N3O2. The number of aryl methyl sites for hydroxylation is 1. The van der Waals surface area contributed by atoms with E-state index in [1.807, 2.05) is 19.1 Å². The van der Waals surface area contributed by atoms with Gasteiger partial charge in [0.15, 0.2) is 5.69 Å². The second-order valence-corrected chi connectivity index (χ2v) is 5.44. The molecule has 1 aliphatic heterocycles. The van der Waals surface area contributed by atoms with E-state index in [2.05, 4.69) is 28.6 Å². The summed E-state index contributed by atoms with van der Waals surface area (Å²) < 4.78 is 4.78. The molecule has 0 N–H and O–H groups in total. The van der Waals surface area contributed by atoms with Crippen molar-refractivity contribution in [3.63, 3.8) is 0 Å². The average molecular weight is 277 g/mol. The molecule has 110 valence electrons. The van der Waals surface area contributed by atoms with E-state index in [1.54, 1.807) is 0 Å². The quantitative estimate of drug-likeness (QED) is 0.787. The zero-order valence-electron chi connectivity index (χ0n) is 12.7. The summed E-state index contributed by atoms with van der Waals surface area (Å²) in [5.74, 6) is 0.490. The second-order valence-electron chi connectivity index (χ2n) is 5.44. The van der Waals surface area contributed by atoms with Gasteiger partial charge in [-0.3, -0.25) is 4.90 Å². The third-order valence-corrected chi connectivity index (χ3v) is 3.83. The second kappa shape index (κ2) is 6.22. The van der Waals surface area contributed by atoms with E-state index < -0.39 is 0 Å². The third-order valence-electron chi connectivity index (χ3n) is 3.83. The number of methoxy groups -OCH3 is 1. The van der Waals surface area contributed by atoms with Crippen molar-refractivity contribution in [3.05, 3.63) is 23.4 Å². The van der Waals surface area contributed by atoms with Gasteiger partial charge in [0.05, 0.1) is 7.11 Å². The van der Waals surface area contributed by atoms with Gasteiger partial charge >= 0.3 is 5.97 Å². The Labute approximate surface area is 120 Å². The first-order chi connectivity index (χ1) is 9.52. The first kappa shape index (κ1) is 14.8. The standard InChI is InChI=1S/C15H23N3O2/c1-11(2)17-7-9-18(10-8-17)13-6-5-12(3)14(16-13)15(19)20-4/h5-6,11H,7-10H2,1-4H3. The van der Waals surface area contributed by atoms with Gasteiger partial charge in [0.1, 0.15) is 5.82 Å². The average Bonchev–Trinajstić information content (AvgIpc) is 2.47. The predicted molar refractivity (Wildman–Crippen MR) is 79.2 cm³/mol. The lowest BCUT2D eigenvalue weighted by atomic mass is 10.2. The van der Waals surface area contributed by atoms with Crippen molar-refractivity contribution in [2.24, 2.45) is 0 Å². The van der Waals surface area contributed by atoms with Gasteiger partial charge in [-0.15, -0.1) is 0 Å². The van der Waals surface area contributed by atoms with Crippen LogP contribution in [-0.2, 0) is 4.74 Å². The van der Waals surface area contributed by atoms with E-state index in [4.69, 9.17) is 4.74 Å². The molecule has 5 nitrogen and oxygen atoms in total. The monoisotopic (exact) mass is 277 g/mol. The van der Waals surface area contributed by atoms with Crippen molar-refractivity contribution in [1.82, 2.24) is 9.88 Å². The topological polar surface area (TPSA) is 45.7 Å². The van der Waals surface area contributed by atoms with Gasteiger partial charge in [0, 0.05) is 32.2 Å². The molecule has 5 heteroatoms. The number of carbonyl (C=O) groups is 1. The van der Waals surface area contributed by atoms with E-state index in [-0.39, 0.29) is 5.97 Å². The summed E-state index contributed by atoms with van der Waals surface area (Å²) in [7, 11) is 1.39. The molecule has 0 spiro atoms. The first-order valence-corrected chi connectivity index (χ1v) is 7.08. The number of rotatable bonds is 3. The predicted octanol–water partition coefficient (Wildman–Crippen LogP) is 1.71. The summed E-state index contributed by atoms with van der Waals surface area (Å²) >= 11 is 0. The molecule has 1 fully saturated rings. The number of hydrogen-bond acceptors (Lipinski definition) is 5. The van der Waals surface area contributed by atoms with Crippen LogP contribution in [0.2, 0.25) is 0 Å². The molecule has 0 unspecified atom stereocenters. The molecule has 0 aliphatic carbocycles. The van der Waals surface area contributed by atoms with Gasteiger partial charge in [-0.2, -0.15) is 0 Å². The van der Waals surface area contributed by atoms with Gasteiger partial charge in [-0.1, -0.05) is 6.07 Å². The van der Waals surface area contributed by atoms with Crippen LogP contribution in [0, 0.1) is 6.92 Å². The largest absolute Gasteiger partial charge is 0.464 e. The molecule has 0 saturated carbocycles. The molecule has 0 aromatic carbocycles. The summed E-state index contributed by atoms with van der Waals surface area (Å²) in [6, 6.07) is 4.49. The van der Waals surface area contributed by atoms with Crippen LogP contribution in [0.1, 0.15) is 29.9 Å². The SMILES string of the molecule is COC(=O)c1nc(N2CCN(C(C)C)CC2)ccc1C. The van der Waals surface area contributed by atoms with E-state index in [0.717, 1.165) is 37.6 Å². The number of hydrogen-bond donors (Lipinski definition) is 0. The van der Waals surface area contributed by atoms with Gasteiger partial charge in [0.2, 0.25) is 0 Å². The third kappa shape index (κ3) is 3.10. The molecule has 1 aliphatic rings. The highest BCUT2D eigenvalue weighted by Gasteiger charge is 2.21. The number of piperazine rings is 1. The number of anilines is 1. The summed E-state index contributed by atoms with van der Waals surface area (Å²) in [6.07, 6.45) is 0. The highest BCUT2D eigenvalue weighted by atomic mass is 16.5. The minimum absolute atomic E-state index is 0.370. The van der Waals surface area contributed by atoms with Crippen LogP contribution in [0.15, 0.2) is 12.1 Å². The van der Waals surface area contributed by atoms with Crippen LogP contribution < -0.4 is 4.90 Å². The Morgan fingerprint density at radius 3 is 2.45 bits per heavy atom. The van der Waals surface area contributed by atoms with Crippen molar-refractivity contribution < 1.29 is 9.53 Å².